The molecule has 0 aromatic heterocycles. The van der Waals surface area contributed by atoms with Gasteiger partial charge in [0.15, 0.2) is 12.0 Å². The molecule has 0 saturated carbocycles. The number of alkyl halides is 3. The van der Waals surface area contributed by atoms with E-state index in [1.165, 1.54) is 25.1 Å². The number of likely N-dealkylation sites (tertiary alicyclic amines) is 1. The van der Waals surface area contributed by atoms with Crippen LogP contribution in [-0.2, 0) is 9.53 Å². The molecule has 0 bridgehead atoms. The molecule has 1 aliphatic rings. The molecule has 1 saturated heterocycles. The van der Waals surface area contributed by atoms with Crippen LogP contribution in [0.2, 0.25) is 0 Å². The van der Waals surface area contributed by atoms with Crippen molar-refractivity contribution in [2.24, 2.45) is 5.92 Å². The van der Waals surface area contributed by atoms with Crippen molar-refractivity contribution in [3.63, 3.8) is 0 Å². The summed E-state index contributed by atoms with van der Waals surface area (Å²) < 4.78 is 46.5. The van der Waals surface area contributed by atoms with Crippen molar-refractivity contribution in [1.82, 2.24) is 4.90 Å². The fourth-order valence-electron chi connectivity index (χ4n) is 2.94. The molecule has 0 N–H and O–H groups in total. The van der Waals surface area contributed by atoms with Gasteiger partial charge in [0.05, 0.1) is 5.56 Å². The quantitative estimate of drug-likeness (QED) is 0.596. The van der Waals surface area contributed by atoms with Crippen molar-refractivity contribution in [1.29, 1.82) is 0 Å². The molecule has 138 valence electrons. The summed E-state index contributed by atoms with van der Waals surface area (Å²) in [6.45, 7) is 4.11. The summed E-state index contributed by atoms with van der Waals surface area (Å²) in [7, 11) is 0. The van der Waals surface area contributed by atoms with Gasteiger partial charge in [0, 0.05) is 25.9 Å². The Hall–Kier alpha value is -2.09. The summed E-state index contributed by atoms with van der Waals surface area (Å²) in [5.74, 6) is -1.61. The van der Waals surface area contributed by atoms with Crippen LogP contribution in [0.15, 0.2) is 24.3 Å². The summed E-state index contributed by atoms with van der Waals surface area (Å²) in [4.78, 5) is 25.5. The highest BCUT2D eigenvalue weighted by Gasteiger charge is 2.35. The van der Waals surface area contributed by atoms with E-state index in [0.717, 1.165) is 6.07 Å². The third-order valence-corrected chi connectivity index (χ3v) is 4.13. The molecule has 2 rings (SSSR count). The van der Waals surface area contributed by atoms with Crippen LogP contribution in [0, 0.1) is 5.92 Å². The van der Waals surface area contributed by atoms with Crippen molar-refractivity contribution >= 4 is 11.8 Å². The minimum Gasteiger partial charge on any atom is -0.447 e. The summed E-state index contributed by atoms with van der Waals surface area (Å²) in [6, 6.07) is 5.38. The molecule has 1 unspecified atom stereocenters. The van der Waals surface area contributed by atoms with E-state index in [4.69, 9.17) is 4.74 Å². The first-order valence-corrected chi connectivity index (χ1v) is 7.97. The average Bonchev–Trinajstić information content (AvgIpc) is 2.53. The molecule has 1 heterocycles. The van der Waals surface area contributed by atoms with Gasteiger partial charge in [-0.05, 0) is 31.9 Å². The zero-order valence-electron chi connectivity index (χ0n) is 14.0. The molecule has 1 aromatic rings. The van der Waals surface area contributed by atoms with Crippen molar-refractivity contribution < 1.29 is 32.2 Å². The average molecular weight is 359 g/mol. The van der Waals surface area contributed by atoms with Crippen LogP contribution in [0.3, 0.4) is 0 Å². The van der Waals surface area contributed by atoms with E-state index in [2.05, 4.69) is 4.74 Å². The maximum atomic E-state index is 12.6. The molecule has 8 heteroatoms. The lowest BCUT2D eigenvalue weighted by molar-refractivity contribution is -0.274. The summed E-state index contributed by atoms with van der Waals surface area (Å²) >= 11 is 0. The van der Waals surface area contributed by atoms with Crippen molar-refractivity contribution in [2.45, 2.75) is 39.3 Å². The number of carbonyl (C=O) groups excluding carboxylic acids is 2. The number of nitrogens with zero attached hydrogens (tertiary/aromatic N) is 1. The maximum absolute atomic E-state index is 12.6. The third-order valence-electron chi connectivity index (χ3n) is 4.13. The van der Waals surface area contributed by atoms with Gasteiger partial charge in [0.2, 0.25) is 0 Å². The number of ketones is 1. The van der Waals surface area contributed by atoms with Crippen molar-refractivity contribution in [3.8, 4) is 5.75 Å². The first-order chi connectivity index (χ1) is 11.7. The fraction of sp³-hybridized carbons (Fsp3) is 0.529. The van der Waals surface area contributed by atoms with E-state index >= 15 is 0 Å². The van der Waals surface area contributed by atoms with Crippen molar-refractivity contribution in [3.05, 3.63) is 29.8 Å². The first kappa shape index (κ1) is 19.2. The zero-order chi connectivity index (χ0) is 18.6. The molecule has 25 heavy (non-hydrogen) atoms. The third kappa shape index (κ3) is 5.45. The Bertz CT molecular complexity index is 625. The van der Waals surface area contributed by atoms with Crippen LogP contribution >= 0.6 is 0 Å². The van der Waals surface area contributed by atoms with E-state index in [-0.39, 0.29) is 17.3 Å². The van der Waals surface area contributed by atoms with Gasteiger partial charge in [0.25, 0.3) is 0 Å². The summed E-state index contributed by atoms with van der Waals surface area (Å²) in [6.07, 6.45) is -4.29. The molecule has 0 aliphatic carbocycles. The topological polar surface area (TPSA) is 55.8 Å². The van der Waals surface area contributed by atoms with Gasteiger partial charge >= 0.3 is 12.3 Å². The van der Waals surface area contributed by atoms with Crippen LogP contribution < -0.4 is 4.74 Å². The lowest BCUT2D eigenvalue weighted by Crippen LogP contribution is -2.43. The number of halogens is 3. The summed E-state index contributed by atoms with van der Waals surface area (Å²) in [5, 5.41) is 0. The minimum atomic E-state index is -4.85. The number of hydrogen-bond donors (Lipinski definition) is 0. The highest BCUT2D eigenvalue weighted by Crippen LogP contribution is 2.30. The van der Waals surface area contributed by atoms with Crippen LogP contribution in [-0.4, -0.2) is 42.3 Å². The second-order valence-electron chi connectivity index (χ2n) is 5.93. The lowest BCUT2D eigenvalue weighted by Gasteiger charge is -2.34. The Balaban J connectivity index is 2.02. The number of esters is 1. The number of Topliss-reactive ketones (excluding diaryl/α,β-unsaturated/α-hetero) is 1. The largest absolute Gasteiger partial charge is 0.573 e. The SMILES string of the molecule is CC(=O)OC(C)N1CCC(C(=O)c2ccccc2OC(F)(F)F)CC1. The Kier molecular flexibility index (Phi) is 6.05. The van der Waals surface area contributed by atoms with Crippen LogP contribution in [0.5, 0.6) is 5.75 Å². The highest BCUT2D eigenvalue weighted by atomic mass is 19.4. The molecular weight excluding hydrogens is 339 g/mol. The van der Waals surface area contributed by atoms with E-state index in [0.29, 0.717) is 25.9 Å². The van der Waals surface area contributed by atoms with Crippen LogP contribution in [0.1, 0.15) is 37.0 Å². The molecule has 1 atom stereocenters. The molecule has 5 nitrogen and oxygen atoms in total. The standard InChI is InChI=1S/C17H20F3NO4/c1-11(24-12(2)22)21-9-7-13(8-10-21)16(23)14-5-3-4-6-15(14)25-17(18,19)20/h3-6,11,13H,7-10H2,1-2H3. The molecule has 0 spiro atoms. The normalized spacial score (nSPS) is 17.8. The van der Waals surface area contributed by atoms with Crippen LogP contribution in [0.25, 0.3) is 0 Å². The number of hydrogen-bond acceptors (Lipinski definition) is 5. The van der Waals surface area contributed by atoms with Gasteiger partial charge in [-0.15, -0.1) is 13.2 Å². The second kappa shape index (κ2) is 7.86. The Labute approximate surface area is 143 Å². The number of rotatable bonds is 5. The highest BCUT2D eigenvalue weighted by molar-refractivity contribution is 6.00. The van der Waals surface area contributed by atoms with E-state index in [9.17, 15) is 22.8 Å². The predicted octanol–water partition coefficient (Wildman–Crippen LogP) is 3.39. The van der Waals surface area contributed by atoms with E-state index in [1.807, 2.05) is 4.90 Å². The van der Waals surface area contributed by atoms with Gasteiger partial charge < -0.3 is 9.47 Å². The molecule has 1 aliphatic heterocycles. The Morgan fingerprint density at radius 2 is 1.80 bits per heavy atom. The van der Waals surface area contributed by atoms with Gasteiger partial charge in [-0.1, -0.05) is 12.1 Å². The van der Waals surface area contributed by atoms with Crippen LogP contribution in [0.4, 0.5) is 13.2 Å². The number of carbonyl (C=O) groups is 2. The van der Waals surface area contributed by atoms with Gasteiger partial charge in [-0.25, -0.2) is 0 Å². The second-order valence-corrected chi connectivity index (χ2v) is 5.93. The van der Waals surface area contributed by atoms with Gasteiger partial charge in [-0.2, -0.15) is 0 Å². The molecular formula is C17H20F3NO4. The molecule has 0 radical (unpaired) electrons. The first-order valence-electron chi connectivity index (χ1n) is 7.97. The molecule has 0 amide bonds. The predicted molar refractivity (Wildman–Crippen MR) is 83.0 cm³/mol. The molecule has 1 aromatic carbocycles. The smallest absolute Gasteiger partial charge is 0.447 e. The molecule has 1 fully saturated rings. The van der Waals surface area contributed by atoms with E-state index < -0.39 is 24.3 Å². The summed E-state index contributed by atoms with van der Waals surface area (Å²) in [5.41, 5.74) is -0.0636. The monoisotopic (exact) mass is 359 g/mol. The minimum absolute atomic E-state index is 0.0636. The van der Waals surface area contributed by atoms with Gasteiger partial charge in [-0.3, -0.25) is 14.5 Å². The fourth-order valence-corrected chi connectivity index (χ4v) is 2.94. The number of para-hydroxylation sites is 1. The Morgan fingerprint density at radius 1 is 1.20 bits per heavy atom. The lowest BCUT2D eigenvalue weighted by atomic mass is 9.88. The number of ether oxygens (including phenoxy) is 2. The van der Waals surface area contributed by atoms with Crippen molar-refractivity contribution in [2.75, 3.05) is 13.1 Å². The Morgan fingerprint density at radius 3 is 2.36 bits per heavy atom. The maximum Gasteiger partial charge on any atom is 0.573 e. The van der Waals surface area contributed by atoms with E-state index in [1.54, 1.807) is 6.92 Å². The van der Waals surface area contributed by atoms with Gasteiger partial charge in [0.1, 0.15) is 5.75 Å². The number of benzene rings is 1. The zero-order valence-corrected chi connectivity index (χ0v) is 14.0. The number of piperidine rings is 1.